The predicted octanol–water partition coefficient (Wildman–Crippen LogP) is 3.50. The molecular weight excluding hydrogens is 312 g/mol. The number of unbranched alkanes of at least 4 members (excludes halogenated alkanes) is 2. The maximum absolute atomic E-state index is 12.2. The summed E-state index contributed by atoms with van der Waals surface area (Å²) in [6.07, 6.45) is 5.95. The molecule has 0 fully saturated rings. The van der Waals surface area contributed by atoms with E-state index in [9.17, 15) is 4.79 Å². The minimum atomic E-state index is -0.198. The average Bonchev–Trinajstić information content (AvgIpc) is 3.01. The predicted molar refractivity (Wildman–Crippen MR) is 92.1 cm³/mol. The first-order valence-corrected chi connectivity index (χ1v) is 8.35. The van der Waals surface area contributed by atoms with Crippen molar-refractivity contribution in [3.63, 3.8) is 0 Å². The molecule has 0 aliphatic carbocycles. The van der Waals surface area contributed by atoms with Crippen molar-refractivity contribution in [2.45, 2.75) is 32.6 Å². The molecule has 0 aliphatic rings. The molecule has 1 aromatic carbocycles. The second-order valence-corrected chi connectivity index (χ2v) is 6.01. The van der Waals surface area contributed by atoms with Gasteiger partial charge in [-0.15, -0.1) is 10.2 Å². The van der Waals surface area contributed by atoms with E-state index in [4.69, 9.17) is 0 Å². The van der Waals surface area contributed by atoms with E-state index >= 15 is 0 Å². The van der Waals surface area contributed by atoms with E-state index in [1.54, 1.807) is 30.5 Å². The van der Waals surface area contributed by atoms with Crippen molar-refractivity contribution in [2.75, 3.05) is 12.4 Å². The summed E-state index contributed by atoms with van der Waals surface area (Å²) in [5, 5.41) is 16.1. The molecule has 23 heavy (non-hydrogen) atoms. The molecule has 1 aromatic heterocycles. The van der Waals surface area contributed by atoms with Crippen LogP contribution in [0.5, 0.6) is 0 Å². The molecule has 0 unspecified atom stereocenters. The minimum absolute atomic E-state index is 0.198. The fourth-order valence-electron chi connectivity index (χ4n) is 1.93. The third-order valence-corrected chi connectivity index (χ3v) is 4.06. The molecule has 2 aromatic rings. The number of carbonyl (C=O) groups excluding carboxylic acids is 1. The van der Waals surface area contributed by atoms with E-state index in [1.165, 1.54) is 31.3 Å². The van der Waals surface area contributed by atoms with Crippen LogP contribution in [0.25, 0.3) is 0 Å². The Balaban J connectivity index is 1.92. The normalized spacial score (nSPS) is 10.9. The lowest BCUT2D eigenvalue weighted by Crippen LogP contribution is -2.11. The first-order valence-electron chi connectivity index (χ1n) is 7.53. The number of oxime groups is 1. The highest BCUT2D eigenvalue weighted by atomic mass is 32.1. The second-order valence-electron chi connectivity index (χ2n) is 4.95. The van der Waals surface area contributed by atoms with Gasteiger partial charge in [0.15, 0.2) is 0 Å². The number of anilines is 1. The fraction of sp³-hybridized carbons (Fsp3) is 0.375. The number of benzene rings is 1. The molecule has 0 saturated carbocycles. The summed E-state index contributed by atoms with van der Waals surface area (Å²) in [4.78, 5) is 16.8. The van der Waals surface area contributed by atoms with Crippen LogP contribution in [0, 0.1) is 0 Å². The second kappa shape index (κ2) is 8.99. The van der Waals surface area contributed by atoms with Crippen LogP contribution in [0.3, 0.4) is 0 Å². The zero-order valence-corrected chi connectivity index (χ0v) is 14.1. The topological polar surface area (TPSA) is 76.5 Å². The van der Waals surface area contributed by atoms with Gasteiger partial charge < -0.3 is 4.84 Å². The summed E-state index contributed by atoms with van der Waals surface area (Å²) in [6, 6.07) is 7.06. The highest BCUT2D eigenvalue weighted by Gasteiger charge is 2.10. The quantitative estimate of drug-likeness (QED) is 0.456. The summed E-state index contributed by atoms with van der Waals surface area (Å²) in [5.74, 6) is -0.198. The smallest absolute Gasteiger partial charge is 0.257 e. The van der Waals surface area contributed by atoms with Crippen molar-refractivity contribution in [2.24, 2.45) is 5.16 Å². The third-order valence-electron chi connectivity index (χ3n) is 3.16. The molecular formula is C16H20N4O2S. The number of amides is 1. The molecule has 6 nitrogen and oxygen atoms in total. The monoisotopic (exact) mass is 332 g/mol. The Kier molecular flexibility index (Phi) is 6.68. The van der Waals surface area contributed by atoms with Gasteiger partial charge in [-0.1, -0.05) is 48.4 Å². The number of hydrogen-bond acceptors (Lipinski definition) is 6. The first-order chi connectivity index (χ1) is 11.2. The van der Waals surface area contributed by atoms with Crippen molar-refractivity contribution in [1.82, 2.24) is 10.2 Å². The zero-order chi connectivity index (χ0) is 16.5. The van der Waals surface area contributed by atoms with E-state index in [1.807, 2.05) is 0 Å². The van der Waals surface area contributed by atoms with Gasteiger partial charge in [-0.05, 0) is 24.1 Å². The van der Waals surface area contributed by atoms with Gasteiger partial charge >= 0.3 is 0 Å². The third kappa shape index (κ3) is 5.45. The molecule has 0 radical (unpaired) electrons. The van der Waals surface area contributed by atoms with Crippen molar-refractivity contribution in [3.8, 4) is 0 Å². The van der Waals surface area contributed by atoms with Gasteiger partial charge in [0.25, 0.3) is 5.91 Å². The summed E-state index contributed by atoms with van der Waals surface area (Å²) < 4.78 is 0. The van der Waals surface area contributed by atoms with E-state index in [2.05, 4.69) is 32.4 Å². The van der Waals surface area contributed by atoms with Gasteiger partial charge in [0.2, 0.25) is 5.13 Å². The highest BCUT2D eigenvalue weighted by molar-refractivity contribution is 7.15. The van der Waals surface area contributed by atoms with Gasteiger partial charge in [-0.25, -0.2) is 0 Å². The van der Waals surface area contributed by atoms with Gasteiger partial charge in [-0.2, -0.15) is 0 Å². The summed E-state index contributed by atoms with van der Waals surface area (Å²) in [7, 11) is 1.48. The molecule has 1 heterocycles. The Bertz CT molecular complexity index is 652. The number of nitrogens with one attached hydrogen (secondary N) is 1. The van der Waals surface area contributed by atoms with Crippen LogP contribution in [0.1, 0.15) is 47.1 Å². The number of carbonyl (C=O) groups is 1. The van der Waals surface area contributed by atoms with Crippen LogP contribution in [0.4, 0.5) is 5.13 Å². The Labute approximate surface area is 139 Å². The SMILES string of the molecule is CCCCCc1nnc(NC(=O)c2ccc(/C=N/OC)cc2)s1. The fourth-order valence-corrected chi connectivity index (χ4v) is 2.71. The first kappa shape index (κ1) is 17.1. The molecule has 0 aliphatic heterocycles. The molecule has 0 saturated heterocycles. The maximum Gasteiger partial charge on any atom is 0.257 e. The van der Waals surface area contributed by atoms with Crippen molar-refractivity contribution in [1.29, 1.82) is 0 Å². The molecule has 0 spiro atoms. The lowest BCUT2D eigenvalue weighted by atomic mass is 10.1. The molecule has 7 heteroatoms. The number of nitrogens with zero attached hydrogens (tertiary/aromatic N) is 3. The van der Waals surface area contributed by atoms with Gasteiger partial charge in [-0.3, -0.25) is 10.1 Å². The lowest BCUT2D eigenvalue weighted by molar-refractivity contribution is 0.102. The van der Waals surface area contributed by atoms with Crippen molar-refractivity contribution < 1.29 is 9.63 Å². The molecule has 0 atom stereocenters. The maximum atomic E-state index is 12.2. The van der Waals surface area contributed by atoms with Gasteiger partial charge in [0, 0.05) is 12.0 Å². The standard InChI is InChI=1S/C16H20N4O2S/c1-3-4-5-6-14-19-20-16(23-14)18-15(21)13-9-7-12(8-10-13)11-17-22-2/h7-11H,3-6H2,1-2H3,(H,18,20,21)/b17-11+. The molecule has 0 bridgehead atoms. The highest BCUT2D eigenvalue weighted by Crippen LogP contribution is 2.18. The summed E-state index contributed by atoms with van der Waals surface area (Å²) >= 11 is 1.43. The summed E-state index contributed by atoms with van der Waals surface area (Å²) in [6.45, 7) is 2.16. The van der Waals surface area contributed by atoms with Gasteiger partial charge in [0.1, 0.15) is 12.1 Å². The summed E-state index contributed by atoms with van der Waals surface area (Å²) in [5.41, 5.74) is 1.42. The van der Waals surface area contributed by atoms with Crippen molar-refractivity contribution >= 4 is 28.6 Å². The van der Waals surface area contributed by atoms with E-state index in [-0.39, 0.29) is 5.91 Å². The molecule has 1 N–H and O–H groups in total. The van der Waals surface area contributed by atoms with Crippen LogP contribution in [0.2, 0.25) is 0 Å². The van der Waals surface area contributed by atoms with Crippen LogP contribution < -0.4 is 5.32 Å². The Morgan fingerprint density at radius 1 is 1.30 bits per heavy atom. The Morgan fingerprint density at radius 2 is 2.09 bits per heavy atom. The zero-order valence-electron chi connectivity index (χ0n) is 13.3. The van der Waals surface area contributed by atoms with Gasteiger partial charge in [0.05, 0.1) is 6.21 Å². The Hall–Kier alpha value is -2.28. The number of rotatable bonds is 8. The lowest BCUT2D eigenvalue weighted by Gasteiger charge is -2.01. The van der Waals surface area contributed by atoms with Crippen LogP contribution in [-0.4, -0.2) is 29.4 Å². The molecule has 2 rings (SSSR count). The van der Waals surface area contributed by atoms with Crippen LogP contribution >= 0.6 is 11.3 Å². The number of hydrogen-bond donors (Lipinski definition) is 1. The number of aromatic nitrogens is 2. The average molecular weight is 332 g/mol. The van der Waals surface area contributed by atoms with E-state index in [0.717, 1.165) is 23.4 Å². The van der Waals surface area contributed by atoms with E-state index < -0.39 is 0 Å². The molecule has 122 valence electrons. The van der Waals surface area contributed by atoms with Crippen molar-refractivity contribution in [3.05, 3.63) is 40.4 Å². The minimum Gasteiger partial charge on any atom is -0.399 e. The van der Waals surface area contributed by atoms with Crippen LogP contribution in [0.15, 0.2) is 29.4 Å². The molecule has 1 amide bonds. The van der Waals surface area contributed by atoms with E-state index in [0.29, 0.717) is 10.7 Å². The number of aryl methyl sites for hydroxylation is 1. The Morgan fingerprint density at radius 3 is 2.78 bits per heavy atom. The largest absolute Gasteiger partial charge is 0.399 e. The van der Waals surface area contributed by atoms with Crippen LogP contribution in [-0.2, 0) is 11.3 Å².